The van der Waals surface area contributed by atoms with Crippen molar-refractivity contribution in [2.45, 2.75) is 32.0 Å². The van der Waals surface area contributed by atoms with Crippen LogP contribution in [0.2, 0.25) is 0 Å². The van der Waals surface area contributed by atoms with Crippen LogP contribution in [0.1, 0.15) is 36.5 Å². The number of aryl methyl sites for hydroxylation is 1. The first-order chi connectivity index (χ1) is 10.8. The van der Waals surface area contributed by atoms with E-state index in [0.717, 1.165) is 0 Å². The Morgan fingerprint density at radius 2 is 2.13 bits per heavy atom. The number of hydrogen-bond acceptors (Lipinski definition) is 4. The molecule has 2 unspecified atom stereocenters. The third kappa shape index (κ3) is 4.64. The van der Waals surface area contributed by atoms with E-state index in [1.165, 1.54) is 25.1 Å². The summed E-state index contributed by atoms with van der Waals surface area (Å²) in [6.07, 6.45) is -1.34. The summed E-state index contributed by atoms with van der Waals surface area (Å²) in [4.78, 5) is 11.9. The minimum Gasteiger partial charge on any atom is -0.463 e. The van der Waals surface area contributed by atoms with Gasteiger partial charge in [0.05, 0.1) is 19.1 Å². The Balaban J connectivity index is 1.89. The maximum Gasteiger partial charge on any atom is 0.223 e. The molecule has 0 aliphatic carbocycles. The Kier molecular flexibility index (Phi) is 5.18. The molecule has 0 saturated heterocycles. The van der Waals surface area contributed by atoms with Gasteiger partial charge in [-0.25, -0.2) is 4.39 Å². The molecule has 124 valence electrons. The molecule has 0 aliphatic rings. The van der Waals surface area contributed by atoms with Crippen LogP contribution >= 0.6 is 0 Å². The predicted octanol–water partition coefficient (Wildman–Crippen LogP) is 2.17. The lowest BCUT2D eigenvalue weighted by molar-refractivity contribution is -0.124. The van der Waals surface area contributed by atoms with Crippen molar-refractivity contribution in [3.05, 3.63) is 59.3 Å². The van der Waals surface area contributed by atoms with Crippen LogP contribution in [-0.4, -0.2) is 22.7 Å². The maximum atomic E-state index is 13.1. The number of nitrogens with one attached hydrogen (secondary N) is 1. The van der Waals surface area contributed by atoms with Gasteiger partial charge in [0.15, 0.2) is 0 Å². The van der Waals surface area contributed by atoms with E-state index in [-0.39, 0.29) is 13.0 Å². The minimum absolute atomic E-state index is 0.0609. The van der Waals surface area contributed by atoms with Gasteiger partial charge in [-0.3, -0.25) is 4.79 Å². The summed E-state index contributed by atoms with van der Waals surface area (Å²) < 4.78 is 18.5. The zero-order valence-electron chi connectivity index (χ0n) is 13.0. The Bertz CT molecular complexity index is 681. The van der Waals surface area contributed by atoms with E-state index in [0.29, 0.717) is 17.1 Å². The molecule has 1 amide bonds. The van der Waals surface area contributed by atoms with Crippen LogP contribution < -0.4 is 5.32 Å². The Morgan fingerprint density at radius 1 is 1.39 bits per heavy atom. The number of aliphatic hydroxyl groups is 2. The van der Waals surface area contributed by atoms with Gasteiger partial charge in [0.2, 0.25) is 5.91 Å². The second-order valence-corrected chi connectivity index (χ2v) is 5.74. The quantitative estimate of drug-likeness (QED) is 0.761. The lowest BCUT2D eigenvalue weighted by Crippen LogP contribution is -2.38. The lowest BCUT2D eigenvalue weighted by atomic mass is 10.0. The molecule has 23 heavy (non-hydrogen) atoms. The average molecular weight is 321 g/mol. The molecule has 0 radical (unpaired) electrons. The van der Waals surface area contributed by atoms with E-state index in [9.17, 15) is 19.4 Å². The van der Waals surface area contributed by atoms with E-state index in [2.05, 4.69) is 5.32 Å². The summed E-state index contributed by atoms with van der Waals surface area (Å²) in [5, 5.41) is 22.8. The van der Waals surface area contributed by atoms with Gasteiger partial charge in [-0.15, -0.1) is 0 Å². The van der Waals surface area contributed by atoms with Crippen molar-refractivity contribution in [3.63, 3.8) is 0 Å². The normalized spacial score (nSPS) is 15.0. The molecule has 0 fully saturated rings. The molecule has 5 nitrogen and oxygen atoms in total. The summed E-state index contributed by atoms with van der Waals surface area (Å²) in [6, 6.07) is 8.82. The zero-order chi connectivity index (χ0) is 17.0. The lowest BCUT2D eigenvalue weighted by Gasteiger charge is -2.21. The number of rotatable bonds is 6. The second kappa shape index (κ2) is 6.93. The van der Waals surface area contributed by atoms with E-state index in [1.54, 1.807) is 25.1 Å². The minimum atomic E-state index is -1.35. The van der Waals surface area contributed by atoms with Crippen LogP contribution in [0.4, 0.5) is 4.39 Å². The number of carbonyl (C=O) groups is 1. The van der Waals surface area contributed by atoms with Gasteiger partial charge in [-0.05, 0) is 43.7 Å². The van der Waals surface area contributed by atoms with E-state index < -0.39 is 23.4 Å². The molecule has 0 aliphatic heterocycles. The number of carbonyl (C=O) groups excluding carboxylic acids is 1. The molecule has 1 aromatic heterocycles. The Labute approximate surface area is 133 Å². The Morgan fingerprint density at radius 3 is 2.74 bits per heavy atom. The first-order valence-electron chi connectivity index (χ1n) is 7.27. The molecule has 0 saturated carbocycles. The van der Waals surface area contributed by atoms with Crippen molar-refractivity contribution in [2.75, 3.05) is 6.54 Å². The summed E-state index contributed by atoms with van der Waals surface area (Å²) in [6.45, 7) is 3.22. The molecule has 3 N–H and O–H groups in total. The SMILES string of the molecule is Cc1ccc(C(C)(O)CNC(=O)CC(O)c2cccc(F)c2)o1. The van der Waals surface area contributed by atoms with Crippen LogP contribution in [0.25, 0.3) is 0 Å². The molecule has 2 rings (SSSR count). The van der Waals surface area contributed by atoms with Gasteiger partial charge in [0, 0.05) is 0 Å². The van der Waals surface area contributed by atoms with Crippen LogP contribution in [0.3, 0.4) is 0 Å². The molecule has 1 aromatic carbocycles. The van der Waals surface area contributed by atoms with Crippen molar-refractivity contribution < 1.29 is 23.8 Å². The Hall–Kier alpha value is -2.18. The van der Waals surface area contributed by atoms with Crippen molar-refractivity contribution in [2.24, 2.45) is 0 Å². The summed E-state index contributed by atoms with van der Waals surface area (Å²) >= 11 is 0. The van der Waals surface area contributed by atoms with Gasteiger partial charge >= 0.3 is 0 Å². The molecule has 2 aromatic rings. The van der Waals surface area contributed by atoms with Gasteiger partial charge in [-0.1, -0.05) is 12.1 Å². The molecule has 6 heteroatoms. The fraction of sp³-hybridized carbons (Fsp3) is 0.353. The maximum absolute atomic E-state index is 13.1. The molecular formula is C17H20FNO4. The van der Waals surface area contributed by atoms with Crippen LogP contribution in [0, 0.1) is 12.7 Å². The summed E-state index contributed by atoms with van der Waals surface area (Å²) in [7, 11) is 0. The predicted molar refractivity (Wildman–Crippen MR) is 82.0 cm³/mol. The number of hydrogen-bond donors (Lipinski definition) is 3. The van der Waals surface area contributed by atoms with Crippen LogP contribution in [-0.2, 0) is 10.4 Å². The monoisotopic (exact) mass is 321 g/mol. The first-order valence-corrected chi connectivity index (χ1v) is 7.27. The largest absolute Gasteiger partial charge is 0.463 e. The number of benzene rings is 1. The van der Waals surface area contributed by atoms with Crippen LogP contribution in [0.5, 0.6) is 0 Å². The average Bonchev–Trinajstić information content (AvgIpc) is 2.93. The summed E-state index contributed by atoms with van der Waals surface area (Å²) in [5.41, 5.74) is -1.03. The standard InChI is InChI=1S/C17H20FNO4/c1-11-6-7-15(23-11)17(2,22)10-19-16(21)9-14(20)12-4-3-5-13(18)8-12/h3-8,14,20,22H,9-10H2,1-2H3,(H,19,21). The van der Waals surface area contributed by atoms with Crippen molar-refractivity contribution >= 4 is 5.91 Å². The third-order valence-corrected chi connectivity index (χ3v) is 3.51. The van der Waals surface area contributed by atoms with Gasteiger partial charge in [-0.2, -0.15) is 0 Å². The van der Waals surface area contributed by atoms with Gasteiger partial charge in [0.25, 0.3) is 0 Å². The number of aliphatic hydroxyl groups excluding tert-OH is 1. The molecular weight excluding hydrogens is 301 g/mol. The highest BCUT2D eigenvalue weighted by molar-refractivity contribution is 5.76. The zero-order valence-corrected chi connectivity index (χ0v) is 13.0. The molecule has 0 bridgehead atoms. The molecule has 0 spiro atoms. The number of halogens is 1. The fourth-order valence-electron chi connectivity index (χ4n) is 2.16. The van der Waals surface area contributed by atoms with E-state index >= 15 is 0 Å². The number of furan rings is 1. The fourth-order valence-corrected chi connectivity index (χ4v) is 2.16. The van der Waals surface area contributed by atoms with E-state index in [1.807, 2.05) is 0 Å². The van der Waals surface area contributed by atoms with Crippen molar-refractivity contribution in [1.29, 1.82) is 0 Å². The highest BCUT2D eigenvalue weighted by Crippen LogP contribution is 2.22. The highest BCUT2D eigenvalue weighted by atomic mass is 19.1. The van der Waals surface area contributed by atoms with Gasteiger partial charge < -0.3 is 19.9 Å². The third-order valence-electron chi connectivity index (χ3n) is 3.51. The molecule has 2 atom stereocenters. The number of amides is 1. The topological polar surface area (TPSA) is 82.7 Å². The molecule has 1 heterocycles. The first kappa shape index (κ1) is 17.2. The van der Waals surface area contributed by atoms with E-state index in [4.69, 9.17) is 4.42 Å². The summed E-state index contributed by atoms with van der Waals surface area (Å²) in [5.74, 6) is 0.0810. The highest BCUT2D eigenvalue weighted by Gasteiger charge is 2.27. The van der Waals surface area contributed by atoms with Gasteiger partial charge in [0.1, 0.15) is 22.9 Å². The van der Waals surface area contributed by atoms with Crippen molar-refractivity contribution in [3.8, 4) is 0 Å². The smallest absolute Gasteiger partial charge is 0.223 e. The van der Waals surface area contributed by atoms with Crippen molar-refractivity contribution in [1.82, 2.24) is 5.32 Å². The second-order valence-electron chi connectivity index (χ2n) is 5.74. The van der Waals surface area contributed by atoms with Crippen LogP contribution in [0.15, 0.2) is 40.8 Å².